The maximum Gasteiger partial charge on any atom is 0.412 e. The molecule has 0 aliphatic heterocycles. The van der Waals surface area contributed by atoms with E-state index in [-0.39, 0.29) is 11.4 Å². The average molecular weight is 545 g/mol. The second kappa shape index (κ2) is 9.28. The van der Waals surface area contributed by atoms with E-state index in [0.717, 1.165) is 0 Å². The number of carbonyl (C=O) groups is 2. The maximum atomic E-state index is 12.9. The zero-order valence-electron chi connectivity index (χ0n) is 20.6. The largest absolute Gasteiger partial charge is 0.481 e. The zero-order valence-corrected chi connectivity index (χ0v) is 21.3. The van der Waals surface area contributed by atoms with Crippen molar-refractivity contribution in [1.29, 1.82) is 0 Å². The van der Waals surface area contributed by atoms with Crippen molar-refractivity contribution in [3.63, 3.8) is 0 Å². The van der Waals surface area contributed by atoms with Gasteiger partial charge in [0.05, 0.1) is 17.0 Å². The summed E-state index contributed by atoms with van der Waals surface area (Å²) >= 11 is 6.20. The standard InChI is InChI=1S/C29H21ClN2O7/c1-15(18-4-2-3-5-22(18)30)37-28(36)32-23-14-31-39-25(23)16-6-8-20-19-9-7-17(29(10-11-29)27(34)35)13-21(19)26(33)38-24(20)12-16/h2-9,12-15H,10-11H2,1H3,(H,32,36)(H,34,35). The molecular formula is C29H21ClN2O7. The Morgan fingerprint density at radius 2 is 1.85 bits per heavy atom. The summed E-state index contributed by atoms with van der Waals surface area (Å²) in [5, 5.41) is 18.2. The molecule has 1 amide bonds. The third-order valence-corrected chi connectivity index (χ3v) is 7.47. The molecule has 0 bridgehead atoms. The summed E-state index contributed by atoms with van der Waals surface area (Å²) in [5.41, 5.74) is 0.831. The molecule has 1 saturated carbocycles. The topological polar surface area (TPSA) is 132 Å². The van der Waals surface area contributed by atoms with E-state index in [1.54, 1.807) is 67.6 Å². The Balaban J connectivity index is 1.29. The number of ether oxygens (including phenoxy) is 1. The van der Waals surface area contributed by atoms with Gasteiger partial charge in [-0.15, -0.1) is 0 Å². The summed E-state index contributed by atoms with van der Waals surface area (Å²) in [4.78, 5) is 37.2. The fourth-order valence-electron chi connectivity index (χ4n) is 4.83. The number of amides is 1. The van der Waals surface area contributed by atoms with Crippen LogP contribution >= 0.6 is 11.6 Å². The Morgan fingerprint density at radius 1 is 1.08 bits per heavy atom. The fourth-order valence-corrected chi connectivity index (χ4v) is 5.12. The summed E-state index contributed by atoms with van der Waals surface area (Å²) < 4.78 is 16.5. The Bertz CT molecular complexity index is 1840. The highest BCUT2D eigenvalue weighted by molar-refractivity contribution is 6.31. The predicted octanol–water partition coefficient (Wildman–Crippen LogP) is 6.68. The number of fused-ring (bicyclic) bond motifs is 3. The third-order valence-electron chi connectivity index (χ3n) is 7.12. The van der Waals surface area contributed by atoms with Crippen molar-refractivity contribution >= 4 is 51.1 Å². The minimum absolute atomic E-state index is 0.245. The number of halogens is 1. The molecule has 1 fully saturated rings. The van der Waals surface area contributed by atoms with Crippen LogP contribution in [0.5, 0.6) is 0 Å². The van der Waals surface area contributed by atoms with Crippen molar-refractivity contribution in [1.82, 2.24) is 5.16 Å². The molecule has 5 aromatic rings. The fraction of sp³-hybridized carbons (Fsp3) is 0.172. The van der Waals surface area contributed by atoms with Gasteiger partial charge in [0.15, 0.2) is 5.76 Å². The molecule has 2 aromatic heterocycles. The third kappa shape index (κ3) is 4.30. The van der Waals surface area contributed by atoms with Gasteiger partial charge in [-0.1, -0.05) is 53.2 Å². The molecule has 3 aromatic carbocycles. The van der Waals surface area contributed by atoms with E-state index >= 15 is 0 Å². The van der Waals surface area contributed by atoms with Gasteiger partial charge < -0.3 is 18.8 Å². The molecule has 196 valence electrons. The number of rotatable bonds is 6. The van der Waals surface area contributed by atoms with Crippen molar-refractivity contribution in [2.24, 2.45) is 0 Å². The highest BCUT2D eigenvalue weighted by atomic mass is 35.5. The predicted molar refractivity (Wildman–Crippen MR) is 144 cm³/mol. The van der Waals surface area contributed by atoms with Crippen LogP contribution in [0.25, 0.3) is 33.1 Å². The summed E-state index contributed by atoms with van der Waals surface area (Å²) in [6, 6.07) is 17.3. The van der Waals surface area contributed by atoms with Crippen LogP contribution in [0.1, 0.15) is 37.0 Å². The maximum absolute atomic E-state index is 12.9. The summed E-state index contributed by atoms with van der Waals surface area (Å²) in [6.07, 6.45) is 1.09. The molecule has 1 aliphatic rings. The number of aromatic nitrogens is 1. The zero-order chi connectivity index (χ0) is 27.3. The highest BCUT2D eigenvalue weighted by Crippen LogP contribution is 2.49. The van der Waals surface area contributed by atoms with Crippen LogP contribution in [-0.4, -0.2) is 22.3 Å². The van der Waals surface area contributed by atoms with E-state index in [9.17, 15) is 19.5 Å². The van der Waals surface area contributed by atoms with E-state index < -0.39 is 29.2 Å². The Kier molecular flexibility index (Phi) is 5.88. The number of nitrogens with zero attached hydrogens (tertiary/aromatic N) is 1. The lowest BCUT2D eigenvalue weighted by molar-refractivity contribution is -0.140. The molecule has 0 saturated heterocycles. The van der Waals surface area contributed by atoms with Crippen LogP contribution in [0.3, 0.4) is 0 Å². The Morgan fingerprint density at radius 3 is 2.59 bits per heavy atom. The molecule has 0 radical (unpaired) electrons. The molecule has 39 heavy (non-hydrogen) atoms. The minimum Gasteiger partial charge on any atom is -0.481 e. The normalized spacial score (nSPS) is 14.7. The van der Waals surface area contributed by atoms with Gasteiger partial charge in [-0.25, -0.2) is 9.59 Å². The SMILES string of the molecule is CC(OC(=O)Nc1cnoc1-c1ccc2c(c1)oc(=O)c1cc(C3(C(=O)O)CC3)ccc12)c1ccccc1Cl. The van der Waals surface area contributed by atoms with E-state index in [4.69, 9.17) is 25.3 Å². The number of benzene rings is 3. The van der Waals surface area contributed by atoms with Crippen LogP contribution in [0, 0.1) is 0 Å². The summed E-state index contributed by atoms with van der Waals surface area (Å²) in [6.45, 7) is 1.71. The number of aliphatic carboxylic acids is 1. The second-order valence-electron chi connectivity index (χ2n) is 9.51. The van der Waals surface area contributed by atoms with Gasteiger partial charge in [-0.3, -0.25) is 10.1 Å². The molecule has 1 atom stereocenters. The smallest absolute Gasteiger partial charge is 0.412 e. The number of nitrogens with one attached hydrogen (secondary N) is 1. The van der Waals surface area contributed by atoms with Crippen LogP contribution < -0.4 is 10.9 Å². The number of carbonyl (C=O) groups excluding carboxylic acids is 1. The lowest BCUT2D eigenvalue weighted by atomic mass is 9.93. The summed E-state index contributed by atoms with van der Waals surface area (Å²) in [5.74, 6) is -0.648. The van der Waals surface area contributed by atoms with E-state index in [1.807, 2.05) is 0 Å². The van der Waals surface area contributed by atoms with Gasteiger partial charge in [0.25, 0.3) is 0 Å². The van der Waals surface area contributed by atoms with Gasteiger partial charge in [0, 0.05) is 21.5 Å². The van der Waals surface area contributed by atoms with Crippen molar-refractivity contribution in [2.45, 2.75) is 31.3 Å². The van der Waals surface area contributed by atoms with Crippen LogP contribution in [-0.2, 0) is 14.9 Å². The van der Waals surface area contributed by atoms with Gasteiger partial charge in [0.1, 0.15) is 17.4 Å². The van der Waals surface area contributed by atoms with Crippen LogP contribution in [0.2, 0.25) is 5.02 Å². The first kappa shape index (κ1) is 24.7. The van der Waals surface area contributed by atoms with Gasteiger partial charge in [-0.05, 0) is 55.0 Å². The molecule has 10 heteroatoms. The van der Waals surface area contributed by atoms with Crippen molar-refractivity contribution < 1.29 is 28.4 Å². The van der Waals surface area contributed by atoms with Crippen molar-refractivity contribution in [3.05, 3.63) is 93.4 Å². The van der Waals surface area contributed by atoms with E-state index in [0.29, 0.717) is 56.3 Å². The number of hydrogen-bond acceptors (Lipinski definition) is 7. The highest BCUT2D eigenvalue weighted by Gasteiger charge is 2.51. The quantitative estimate of drug-likeness (QED) is 0.179. The van der Waals surface area contributed by atoms with Crippen molar-refractivity contribution in [3.8, 4) is 11.3 Å². The number of anilines is 1. The minimum atomic E-state index is -0.929. The average Bonchev–Trinajstić information content (AvgIpc) is 3.62. The monoisotopic (exact) mass is 544 g/mol. The van der Waals surface area contributed by atoms with Crippen LogP contribution in [0.4, 0.5) is 10.5 Å². The second-order valence-corrected chi connectivity index (χ2v) is 9.92. The van der Waals surface area contributed by atoms with Crippen LogP contribution in [0.15, 0.2) is 80.6 Å². The molecule has 1 unspecified atom stereocenters. The Hall–Kier alpha value is -4.63. The first-order chi connectivity index (χ1) is 18.8. The van der Waals surface area contributed by atoms with Gasteiger partial charge >= 0.3 is 17.7 Å². The number of carboxylic acid groups (broad SMARTS) is 1. The molecule has 6 rings (SSSR count). The van der Waals surface area contributed by atoms with Crippen molar-refractivity contribution in [2.75, 3.05) is 5.32 Å². The first-order valence-electron chi connectivity index (χ1n) is 12.2. The van der Waals surface area contributed by atoms with E-state index in [1.165, 1.54) is 6.20 Å². The molecular weight excluding hydrogens is 524 g/mol. The number of hydrogen-bond donors (Lipinski definition) is 2. The first-order valence-corrected chi connectivity index (χ1v) is 12.6. The molecule has 0 spiro atoms. The molecule has 2 heterocycles. The lowest BCUT2D eigenvalue weighted by Crippen LogP contribution is -2.19. The Labute approximate surface area is 225 Å². The lowest BCUT2D eigenvalue weighted by Gasteiger charge is -2.15. The summed E-state index contributed by atoms with van der Waals surface area (Å²) in [7, 11) is 0. The molecule has 2 N–H and O–H groups in total. The van der Waals surface area contributed by atoms with Gasteiger partial charge in [0.2, 0.25) is 0 Å². The van der Waals surface area contributed by atoms with E-state index in [2.05, 4.69) is 10.5 Å². The van der Waals surface area contributed by atoms with Gasteiger partial charge in [-0.2, -0.15) is 0 Å². The molecule has 9 nitrogen and oxygen atoms in total. The number of carboxylic acids is 1. The molecule has 1 aliphatic carbocycles.